The molecule has 18 heavy (non-hydrogen) atoms. The van der Waals surface area contributed by atoms with E-state index in [9.17, 15) is 4.79 Å². The Balaban J connectivity index is 2.27. The highest BCUT2D eigenvalue weighted by Gasteiger charge is 2.14. The minimum Gasteiger partial charge on any atom is -0.496 e. The summed E-state index contributed by atoms with van der Waals surface area (Å²) in [6.45, 7) is 3.89. The SMILES string of the molecule is COc1c(C)cnc(CC(=O)c2cccs2)c1C. The Bertz CT molecular complexity index is 561. The predicted molar refractivity (Wildman–Crippen MR) is 72.6 cm³/mol. The quantitative estimate of drug-likeness (QED) is 0.793. The molecule has 0 spiro atoms. The zero-order chi connectivity index (χ0) is 13.1. The standard InChI is InChI=1S/C14H15NO2S/c1-9-8-15-11(10(2)14(9)17-3)7-12(16)13-5-4-6-18-13/h4-6,8H,7H2,1-3H3. The van der Waals surface area contributed by atoms with Crippen LogP contribution in [0.25, 0.3) is 0 Å². The van der Waals surface area contributed by atoms with Gasteiger partial charge in [-0.2, -0.15) is 0 Å². The smallest absolute Gasteiger partial charge is 0.178 e. The van der Waals surface area contributed by atoms with Gasteiger partial charge >= 0.3 is 0 Å². The summed E-state index contributed by atoms with van der Waals surface area (Å²) in [6.07, 6.45) is 2.08. The molecular formula is C14H15NO2S. The summed E-state index contributed by atoms with van der Waals surface area (Å²) in [6, 6.07) is 3.72. The topological polar surface area (TPSA) is 39.2 Å². The third kappa shape index (κ3) is 2.43. The van der Waals surface area contributed by atoms with Crippen LogP contribution in [-0.2, 0) is 6.42 Å². The van der Waals surface area contributed by atoms with Gasteiger partial charge in [-0.25, -0.2) is 0 Å². The molecule has 0 radical (unpaired) electrons. The van der Waals surface area contributed by atoms with E-state index in [0.29, 0.717) is 6.42 Å². The Hall–Kier alpha value is -1.68. The molecule has 0 aliphatic rings. The van der Waals surface area contributed by atoms with Crippen LogP contribution in [0.4, 0.5) is 0 Å². The van der Waals surface area contributed by atoms with E-state index in [0.717, 1.165) is 27.4 Å². The van der Waals surface area contributed by atoms with Crippen molar-refractivity contribution in [2.75, 3.05) is 7.11 Å². The number of hydrogen-bond acceptors (Lipinski definition) is 4. The van der Waals surface area contributed by atoms with Gasteiger partial charge in [-0.15, -0.1) is 11.3 Å². The monoisotopic (exact) mass is 261 g/mol. The molecule has 2 aromatic heterocycles. The molecule has 0 atom stereocenters. The second kappa shape index (κ2) is 5.31. The summed E-state index contributed by atoms with van der Waals surface area (Å²) in [5.41, 5.74) is 2.72. The summed E-state index contributed by atoms with van der Waals surface area (Å²) >= 11 is 1.46. The lowest BCUT2D eigenvalue weighted by atomic mass is 10.1. The van der Waals surface area contributed by atoms with Gasteiger partial charge in [0.2, 0.25) is 0 Å². The minimum absolute atomic E-state index is 0.103. The van der Waals surface area contributed by atoms with Crippen LogP contribution in [0.1, 0.15) is 26.5 Å². The predicted octanol–water partition coefficient (Wildman–Crippen LogP) is 3.19. The van der Waals surface area contributed by atoms with Crippen LogP contribution < -0.4 is 4.74 Å². The van der Waals surface area contributed by atoms with Crippen LogP contribution in [0.15, 0.2) is 23.7 Å². The van der Waals surface area contributed by atoms with Crippen molar-refractivity contribution >= 4 is 17.1 Å². The van der Waals surface area contributed by atoms with Crippen LogP contribution >= 0.6 is 11.3 Å². The van der Waals surface area contributed by atoms with Crippen molar-refractivity contribution in [1.29, 1.82) is 0 Å². The van der Waals surface area contributed by atoms with Crippen LogP contribution in [0.3, 0.4) is 0 Å². The van der Waals surface area contributed by atoms with Gasteiger partial charge < -0.3 is 4.74 Å². The fourth-order valence-electron chi connectivity index (χ4n) is 1.93. The van der Waals surface area contributed by atoms with E-state index in [-0.39, 0.29) is 5.78 Å². The summed E-state index contributed by atoms with van der Waals surface area (Å²) in [5.74, 6) is 0.922. The maximum absolute atomic E-state index is 12.0. The number of hydrogen-bond donors (Lipinski definition) is 0. The van der Waals surface area contributed by atoms with Crippen molar-refractivity contribution in [2.24, 2.45) is 0 Å². The number of aryl methyl sites for hydroxylation is 1. The van der Waals surface area contributed by atoms with Gasteiger partial charge in [0, 0.05) is 17.3 Å². The van der Waals surface area contributed by atoms with E-state index in [4.69, 9.17) is 4.74 Å². The lowest BCUT2D eigenvalue weighted by molar-refractivity contribution is 0.0995. The number of aromatic nitrogens is 1. The Kier molecular flexibility index (Phi) is 3.77. The largest absolute Gasteiger partial charge is 0.496 e. The molecule has 0 aliphatic heterocycles. The second-order valence-corrected chi connectivity index (χ2v) is 5.07. The third-order valence-electron chi connectivity index (χ3n) is 2.87. The molecule has 0 fully saturated rings. The molecule has 2 aromatic rings. The number of pyridine rings is 1. The van der Waals surface area contributed by atoms with Crippen molar-refractivity contribution in [2.45, 2.75) is 20.3 Å². The molecule has 94 valence electrons. The Morgan fingerprint density at radius 2 is 2.22 bits per heavy atom. The lowest BCUT2D eigenvalue weighted by Crippen LogP contribution is -2.07. The number of carbonyl (C=O) groups excluding carboxylic acids is 1. The first-order valence-corrected chi connectivity index (χ1v) is 6.57. The first kappa shape index (κ1) is 12.8. The van der Waals surface area contributed by atoms with Crippen LogP contribution in [0.5, 0.6) is 5.75 Å². The van der Waals surface area contributed by atoms with E-state index < -0.39 is 0 Å². The van der Waals surface area contributed by atoms with Gasteiger partial charge in [0.05, 0.1) is 24.1 Å². The Morgan fingerprint density at radius 1 is 1.44 bits per heavy atom. The van der Waals surface area contributed by atoms with E-state index in [1.807, 2.05) is 31.4 Å². The van der Waals surface area contributed by atoms with Crippen molar-refractivity contribution in [1.82, 2.24) is 4.98 Å². The molecule has 0 aliphatic carbocycles. The fourth-order valence-corrected chi connectivity index (χ4v) is 2.59. The zero-order valence-electron chi connectivity index (χ0n) is 10.7. The molecule has 0 bridgehead atoms. The van der Waals surface area contributed by atoms with Gasteiger partial charge in [-0.1, -0.05) is 6.07 Å². The van der Waals surface area contributed by atoms with Gasteiger partial charge in [0.25, 0.3) is 0 Å². The fraction of sp³-hybridized carbons (Fsp3) is 0.286. The molecule has 0 saturated carbocycles. The number of methoxy groups -OCH3 is 1. The number of rotatable bonds is 4. The second-order valence-electron chi connectivity index (χ2n) is 4.12. The summed E-state index contributed by atoms with van der Waals surface area (Å²) < 4.78 is 5.34. The number of ether oxygens (including phenoxy) is 1. The van der Waals surface area contributed by atoms with Gasteiger partial charge in [0.15, 0.2) is 5.78 Å². The highest BCUT2D eigenvalue weighted by atomic mass is 32.1. The molecule has 4 heteroatoms. The molecule has 0 N–H and O–H groups in total. The number of ketones is 1. The van der Waals surface area contributed by atoms with E-state index in [1.165, 1.54) is 11.3 Å². The number of carbonyl (C=O) groups is 1. The number of Topliss-reactive ketones (excluding diaryl/α,β-unsaturated/α-hetero) is 1. The molecule has 0 amide bonds. The highest BCUT2D eigenvalue weighted by Crippen LogP contribution is 2.25. The minimum atomic E-state index is 0.103. The van der Waals surface area contributed by atoms with Crippen molar-refractivity contribution in [3.63, 3.8) is 0 Å². The Labute approximate surface area is 110 Å². The number of nitrogens with zero attached hydrogens (tertiary/aromatic N) is 1. The molecule has 2 rings (SSSR count). The van der Waals surface area contributed by atoms with Crippen LogP contribution in [0, 0.1) is 13.8 Å². The van der Waals surface area contributed by atoms with E-state index in [2.05, 4.69) is 4.98 Å². The van der Waals surface area contributed by atoms with E-state index >= 15 is 0 Å². The highest BCUT2D eigenvalue weighted by molar-refractivity contribution is 7.12. The van der Waals surface area contributed by atoms with Crippen LogP contribution in [0.2, 0.25) is 0 Å². The first-order chi connectivity index (χ1) is 8.63. The molecule has 2 heterocycles. The normalized spacial score (nSPS) is 10.4. The van der Waals surface area contributed by atoms with Gasteiger partial charge in [-0.05, 0) is 25.3 Å². The maximum Gasteiger partial charge on any atom is 0.178 e. The average molecular weight is 261 g/mol. The zero-order valence-corrected chi connectivity index (χ0v) is 11.5. The molecule has 0 saturated heterocycles. The Morgan fingerprint density at radius 3 is 2.83 bits per heavy atom. The van der Waals surface area contributed by atoms with Crippen molar-refractivity contribution in [3.05, 3.63) is 45.4 Å². The summed E-state index contributed by atoms with van der Waals surface area (Å²) in [7, 11) is 1.64. The van der Waals surface area contributed by atoms with Gasteiger partial charge in [-0.3, -0.25) is 9.78 Å². The summed E-state index contributed by atoms with van der Waals surface area (Å²) in [5, 5.41) is 1.91. The molecule has 0 aromatic carbocycles. The maximum atomic E-state index is 12.0. The van der Waals surface area contributed by atoms with E-state index in [1.54, 1.807) is 13.3 Å². The first-order valence-electron chi connectivity index (χ1n) is 5.69. The van der Waals surface area contributed by atoms with Gasteiger partial charge in [0.1, 0.15) is 5.75 Å². The number of thiophene rings is 1. The van der Waals surface area contributed by atoms with Crippen LogP contribution in [-0.4, -0.2) is 17.9 Å². The van der Waals surface area contributed by atoms with Crippen molar-refractivity contribution < 1.29 is 9.53 Å². The summed E-state index contributed by atoms with van der Waals surface area (Å²) in [4.78, 5) is 17.2. The lowest BCUT2D eigenvalue weighted by Gasteiger charge is -2.11. The molecule has 0 unspecified atom stereocenters. The van der Waals surface area contributed by atoms with Crippen molar-refractivity contribution in [3.8, 4) is 5.75 Å². The molecule has 3 nitrogen and oxygen atoms in total. The molecular weight excluding hydrogens is 246 g/mol. The average Bonchev–Trinajstić information content (AvgIpc) is 2.87. The third-order valence-corrected chi connectivity index (χ3v) is 3.78.